The molecule has 0 heterocycles. The fraction of sp³-hybridized carbons (Fsp3) is 0.350. The van der Waals surface area contributed by atoms with Gasteiger partial charge in [0.2, 0.25) is 15.9 Å². The molecule has 0 spiro atoms. The van der Waals surface area contributed by atoms with Gasteiger partial charge in [-0.15, -0.1) is 0 Å². The Morgan fingerprint density at radius 2 is 1.74 bits per heavy atom. The molecule has 2 aromatic rings. The third-order valence-corrected chi connectivity index (χ3v) is 5.80. The Balaban J connectivity index is 1.84. The first-order chi connectivity index (χ1) is 12.8. The van der Waals surface area contributed by atoms with Crippen LogP contribution in [0.1, 0.15) is 31.4 Å². The minimum absolute atomic E-state index is 0.0785. The number of nitrogens with one attached hydrogen (secondary N) is 2. The van der Waals surface area contributed by atoms with Gasteiger partial charge in [-0.1, -0.05) is 55.8 Å². The highest BCUT2D eigenvalue weighted by Crippen LogP contribution is 2.15. The van der Waals surface area contributed by atoms with Crippen molar-refractivity contribution in [3.05, 3.63) is 64.7 Å². The van der Waals surface area contributed by atoms with E-state index in [0.717, 1.165) is 11.1 Å². The summed E-state index contributed by atoms with van der Waals surface area (Å²) in [6.07, 6.45) is 0.857. The SMILES string of the molecule is CC(C)CNS(=O)(=O)c1ccc(CCC(=O)NCc2ccccc2Cl)cc1. The third-order valence-electron chi connectivity index (χ3n) is 3.99. The van der Waals surface area contributed by atoms with Gasteiger partial charge in [-0.2, -0.15) is 0 Å². The van der Waals surface area contributed by atoms with Gasteiger partial charge < -0.3 is 5.32 Å². The lowest BCUT2D eigenvalue weighted by Crippen LogP contribution is -2.27. The summed E-state index contributed by atoms with van der Waals surface area (Å²) in [4.78, 5) is 12.2. The van der Waals surface area contributed by atoms with E-state index in [-0.39, 0.29) is 16.7 Å². The predicted octanol–water partition coefficient (Wildman–Crippen LogP) is 3.52. The van der Waals surface area contributed by atoms with Crippen LogP contribution in [0, 0.1) is 5.92 Å². The number of rotatable bonds is 9. The Bertz CT molecular complexity index is 865. The molecule has 0 aliphatic heterocycles. The average molecular weight is 409 g/mol. The van der Waals surface area contributed by atoms with E-state index in [1.807, 2.05) is 32.0 Å². The van der Waals surface area contributed by atoms with Crippen LogP contribution in [0.25, 0.3) is 0 Å². The molecule has 146 valence electrons. The van der Waals surface area contributed by atoms with Crippen molar-refractivity contribution in [3.63, 3.8) is 0 Å². The zero-order valence-corrected chi connectivity index (χ0v) is 17.1. The van der Waals surface area contributed by atoms with Crippen molar-refractivity contribution in [1.82, 2.24) is 10.0 Å². The molecular formula is C20H25ClN2O3S. The number of carbonyl (C=O) groups excluding carboxylic acids is 1. The van der Waals surface area contributed by atoms with Crippen LogP contribution in [0.5, 0.6) is 0 Å². The van der Waals surface area contributed by atoms with Gasteiger partial charge in [0.1, 0.15) is 0 Å². The molecule has 7 heteroatoms. The van der Waals surface area contributed by atoms with Crippen LogP contribution in [0.4, 0.5) is 0 Å². The lowest BCUT2D eigenvalue weighted by Gasteiger charge is -2.10. The fourth-order valence-electron chi connectivity index (χ4n) is 2.38. The molecule has 0 fully saturated rings. The Labute approximate surface area is 166 Å². The Morgan fingerprint density at radius 1 is 1.07 bits per heavy atom. The van der Waals surface area contributed by atoms with E-state index in [1.54, 1.807) is 30.3 Å². The van der Waals surface area contributed by atoms with Gasteiger partial charge in [-0.3, -0.25) is 4.79 Å². The van der Waals surface area contributed by atoms with Gasteiger partial charge >= 0.3 is 0 Å². The lowest BCUT2D eigenvalue weighted by atomic mass is 10.1. The van der Waals surface area contributed by atoms with E-state index < -0.39 is 10.0 Å². The molecule has 0 atom stereocenters. The average Bonchev–Trinajstić information content (AvgIpc) is 2.64. The molecule has 0 aliphatic rings. The Morgan fingerprint density at radius 3 is 2.37 bits per heavy atom. The van der Waals surface area contributed by atoms with E-state index in [2.05, 4.69) is 10.0 Å². The lowest BCUT2D eigenvalue weighted by molar-refractivity contribution is -0.121. The smallest absolute Gasteiger partial charge is 0.240 e. The van der Waals surface area contributed by atoms with E-state index in [4.69, 9.17) is 11.6 Å². The van der Waals surface area contributed by atoms with Crippen LogP contribution >= 0.6 is 11.6 Å². The van der Waals surface area contributed by atoms with Crippen LogP contribution in [-0.4, -0.2) is 20.9 Å². The van der Waals surface area contributed by atoms with Crippen molar-refractivity contribution < 1.29 is 13.2 Å². The van der Waals surface area contributed by atoms with Gasteiger partial charge in [-0.05, 0) is 41.7 Å². The number of halogens is 1. The number of amides is 1. The van der Waals surface area contributed by atoms with Gasteiger partial charge in [0, 0.05) is 24.5 Å². The maximum Gasteiger partial charge on any atom is 0.240 e. The van der Waals surface area contributed by atoms with Gasteiger partial charge in [0.25, 0.3) is 0 Å². The van der Waals surface area contributed by atoms with Gasteiger partial charge in [-0.25, -0.2) is 13.1 Å². The van der Waals surface area contributed by atoms with E-state index in [0.29, 0.717) is 31.0 Å². The molecule has 0 saturated carbocycles. The van der Waals surface area contributed by atoms with Crippen molar-refractivity contribution in [2.45, 2.75) is 38.1 Å². The molecule has 0 saturated heterocycles. The molecule has 2 aromatic carbocycles. The van der Waals surface area contributed by atoms with E-state index in [1.165, 1.54) is 0 Å². The second-order valence-electron chi connectivity index (χ2n) is 6.76. The topological polar surface area (TPSA) is 75.3 Å². The monoisotopic (exact) mass is 408 g/mol. The first-order valence-electron chi connectivity index (χ1n) is 8.86. The standard InChI is InChI=1S/C20H25ClN2O3S/c1-15(2)13-23-27(25,26)18-10-7-16(8-11-18)9-12-20(24)22-14-17-5-3-4-6-19(17)21/h3-8,10-11,15,23H,9,12-14H2,1-2H3,(H,22,24). The molecule has 27 heavy (non-hydrogen) atoms. The van der Waals surface area contributed by atoms with Crippen molar-refractivity contribution in [2.24, 2.45) is 5.92 Å². The number of carbonyl (C=O) groups is 1. The second-order valence-corrected chi connectivity index (χ2v) is 8.93. The molecule has 0 radical (unpaired) electrons. The van der Waals surface area contributed by atoms with Crippen molar-refractivity contribution in [2.75, 3.05) is 6.54 Å². The normalized spacial score (nSPS) is 11.6. The molecular weight excluding hydrogens is 384 g/mol. The zero-order chi connectivity index (χ0) is 19.9. The Kier molecular flexibility index (Phi) is 7.83. The summed E-state index contributed by atoms with van der Waals surface area (Å²) < 4.78 is 26.9. The highest BCUT2D eigenvalue weighted by Gasteiger charge is 2.14. The summed E-state index contributed by atoms with van der Waals surface area (Å²) in [5.41, 5.74) is 1.78. The summed E-state index contributed by atoms with van der Waals surface area (Å²) >= 11 is 6.07. The van der Waals surface area contributed by atoms with Gasteiger partial charge in [0.15, 0.2) is 0 Å². The van der Waals surface area contributed by atoms with E-state index in [9.17, 15) is 13.2 Å². The minimum Gasteiger partial charge on any atom is -0.352 e. The minimum atomic E-state index is -3.49. The number of sulfonamides is 1. The van der Waals surface area contributed by atoms with Crippen molar-refractivity contribution in [3.8, 4) is 0 Å². The first kappa shape index (κ1) is 21.4. The van der Waals surface area contributed by atoms with Crippen LogP contribution in [0.15, 0.2) is 53.4 Å². The van der Waals surface area contributed by atoms with E-state index >= 15 is 0 Å². The maximum atomic E-state index is 12.2. The van der Waals surface area contributed by atoms with Crippen molar-refractivity contribution in [1.29, 1.82) is 0 Å². The number of hydrogen-bond donors (Lipinski definition) is 2. The maximum absolute atomic E-state index is 12.2. The van der Waals surface area contributed by atoms with Crippen LogP contribution in [-0.2, 0) is 27.8 Å². The highest BCUT2D eigenvalue weighted by atomic mass is 35.5. The number of hydrogen-bond acceptors (Lipinski definition) is 3. The third kappa shape index (κ3) is 6.97. The largest absolute Gasteiger partial charge is 0.352 e. The molecule has 0 aromatic heterocycles. The van der Waals surface area contributed by atoms with Crippen LogP contribution in [0.3, 0.4) is 0 Å². The summed E-state index contributed by atoms with van der Waals surface area (Å²) in [6.45, 7) is 4.68. The quantitative estimate of drug-likeness (QED) is 0.666. The molecule has 0 unspecified atom stereocenters. The zero-order valence-electron chi connectivity index (χ0n) is 15.5. The summed E-state index contributed by atoms with van der Waals surface area (Å²) in [5.74, 6) is 0.161. The van der Waals surface area contributed by atoms with Gasteiger partial charge in [0.05, 0.1) is 4.90 Å². The molecule has 0 bridgehead atoms. The molecule has 2 rings (SSSR count). The number of aryl methyl sites for hydroxylation is 1. The molecule has 0 aliphatic carbocycles. The molecule has 1 amide bonds. The van der Waals surface area contributed by atoms with Crippen LogP contribution in [0.2, 0.25) is 5.02 Å². The predicted molar refractivity (Wildman–Crippen MR) is 108 cm³/mol. The Hall–Kier alpha value is -1.89. The first-order valence-corrected chi connectivity index (χ1v) is 10.7. The molecule has 5 nitrogen and oxygen atoms in total. The van der Waals surface area contributed by atoms with Crippen molar-refractivity contribution >= 4 is 27.5 Å². The summed E-state index contributed by atoms with van der Waals surface area (Å²) in [5, 5.41) is 3.47. The summed E-state index contributed by atoms with van der Waals surface area (Å²) in [7, 11) is -3.49. The second kappa shape index (κ2) is 9.88. The highest BCUT2D eigenvalue weighted by molar-refractivity contribution is 7.89. The fourth-order valence-corrected chi connectivity index (χ4v) is 3.79. The molecule has 2 N–H and O–H groups in total. The van der Waals surface area contributed by atoms with Crippen LogP contribution < -0.4 is 10.0 Å². The number of benzene rings is 2. The summed E-state index contributed by atoms with van der Waals surface area (Å²) in [6, 6.07) is 14.0.